The first kappa shape index (κ1) is 24.5. The molecule has 3 aromatic heterocycles. The second kappa shape index (κ2) is 8.61. The van der Waals surface area contributed by atoms with Crippen LogP contribution in [0.3, 0.4) is 0 Å². The molecule has 0 bridgehead atoms. The van der Waals surface area contributed by atoms with Gasteiger partial charge in [0.2, 0.25) is 11.8 Å². The van der Waals surface area contributed by atoms with E-state index < -0.39 is 17.8 Å². The number of carbonyl (C=O) groups is 2. The van der Waals surface area contributed by atoms with Gasteiger partial charge in [0.25, 0.3) is 0 Å². The van der Waals surface area contributed by atoms with Gasteiger partial charge >= 0.3 is 6.18 Å². The molecule has 196 valence electrons. The van der Waals surface area contributed by atoms with E-state index >= 15 is 0 Å². The third kappa shape index (κ3) is 4.03. The third-order valence-electron chi connectivity index (χ3n) is 7.12. The largest absolute Gasteiger partial charge is 0.416 e. The number of nitrogens with two attached hydrogens (primary N) is 1. The number of halogens is 4. The van der Waals surface area contributed by atoms with Crippen LogP contribution in [0.5, 0.6) is 0 Å². The molecule has 1 aliphatic carbocycles. The SMILES string of the molecule is Cc1cc(C(F)(F)F)cc2c3c(N)ncnc3n(CC(=O)N3[C@@H]4C[C@@H]4C[C@H]3C(=O)Nc3cncc(Br)n3)c12. The summed E-state index contributed by atoms with van der Waals surface area (Å²) < 4.78 is 42.8. The quantitative estimate of drug-likeness (QED) is 0.371. The highest BCUT2D eigenvalue weighted by molar-refractivity contribution is 9.10. The first-order chi connectivity index (χ1) is 18.0. The van der Waals surface area contributed by atoms with Crippen molar-refractivity contribution in [2.24, 2.45) is 5.92 Å². The summed E-state index contributed by atoms with van der Waals surface area (Å²) in [6.45, 7) is 1.31. The highest BCUT2D eigenvalue weighted by atomic mass is 79.9. The van der Waals surface area contributed by atoms with E-state index in [1.54, 1.807) is 16.4 Å². The van der Waals surface area contributed by atoms with Gasteiger partial charge in [-0.1, -0.05) is 0 Å². The van der Waals surface area contributed by atoms with Crippen LogP contribution in [0, 0.1) is 12.8 Å². The fourth-order valence-electron chi connectivity index (χ4n) is 5.48. The normalized spacial score (nSPS) is 20.7. The zero-order chi connectivity index (χ0) is 26.9. The Hall–Kier alpha value is -3.81. The number of nitrogen functional groups attached to an aromatic ring is 1. The number of nitrogens with one attached hydrogen (secondary N) is 1. The van der Waals surface area contributed by atoms with E-state index in [0.29, 0.717) is 22.1 Å². The van der Waals surface area contributed by atoms with Crippen LogP contribution in [0.1, 0.15) is 24.0 Å². The Labute approximate surface area is 221 Å². The third-order valence-corrected chi connectivity index (χ3v) is 7.51. The van der Waals surface area contributed by atoms with Gasteiger partial charge in [-0.25, -0.2) is 15.0 Å². The van der Waals surface area contributed by atoms with Gasteiger partial charge in [0, 0.05) is 11.4 Å². The van der Waals surface area contributed by atoms with E-state index in [9.17, 15) is 22.8 Å². The number of anilines is 2. The van der Waals surface area contributed by atoms with E-state index in [4.69, 9.17) is 5.73 Å². The molecular weight excluding hydrogens is 569 g/mol. The Bertz CT molecular complexity index is 1640. The lowest BCUT2D eigenvalue weighted by Crippen LogP contribution is -2.46. The van der Waals surface area contributed by atoms with Crippen LogP contribution in [0.2, 0.25) is 0 Å². The van der Waals surface area contributed by atoms with Crippen molar-refractivity contribution >= 4 is 61.3 Å². The van der Waals surface area contributed by atoms with E-state index in [1.165, 1.54) is 18.7 Å². The zero-order valence-electron chi connectivity index (χ0n) is 19.8. The predicted molar refractivity (Wildman–Crippen MR) is 135 cm³/mol. The number of alkyl halides is 3. The number of nitrogens with zero attached hydrogens (tertiary/aromatic N) is 6. The number of hydrogen-bond acceptors (Lipinski definition) is 7. The molecule has 1 saturated carbocycles. The standard InChI is InChI=1S/C24H20BrF3N8O2/c1-10-2-12(24(26,27)28)5-13-19-21(29)31-9-32-22(19)35(20(10)13)8-18(37)36-14-3-11(14)4-15(36)23(38)34-17-7-30-6-16(25)33-17/h2,5-7,9,11,14-15H,3-4,8H2,1H3,(H2,29,31,32)(H,33,34,38)/t11-,14-,15+/m1/s1. The van der Waals surface area contributed by atoms with E-state index in [0.717, 1.165) is 18.6 Å². The van der Waals surface area contributed by atoms with Crippen LogP contribution >= 0.6 is 15.9 Å². The summed E-state index contributed by atoms with van der Waals surface area (Å²) in [5.41, 5.74) is 6.21. The molecule has 4 aromatic rings. The number of carbonyl (C=O) groups excluding carboxylic acids is 2. The Morgan fingerprint density at radius 3 is 2.74 bits per heavy atom. The highest BCUT2D eigenvalue weighted by Gasteiger charge is 2.56. The molecule has 1 aromatic carbocycles. The second-order valence-corrected chi connectivity index (χ2v) is 10.4. The molecular formula is C24H20BrF3N8O2. The first-order valence-corrected chi connectivity index (χ1v) is 12.5. The Balaban J connectivity index is 1.37. The van der Waals surface area contributed by atoms with E-state index in [2.05, 4.69) is 41.2 Å². The summed E-state index contributed by atoms with van der Waals surface area (Å²) in [5.74, 6) is -0.234. The van der Waals surface area contributed by atoms with Gasteiger partial charge < -0.3 is 20.5 Å². The Morgan fingerprint density at radius 1 is 1.21 bits per heavy atom. The lowest BCUT2D eigenvalue weighted by atomic mass is 10.1. The van der Waals surface area contributed by atoms with Crippen molar-refractivity contribution in [3.63, 3.8) is 0 Å². The van der Waals surface area contributed by atoms with Crippen LogP contribution in [-0.2, 0) is 22.3 Å². The minimum Gasteiger partial charge on any atom is -0.383 e. The molecule has 2 fully saturated rings. The molecule has 38 heavy (non-hydrogen) atoms. The second-order valence-electron chi connectivity index (χ2n) is 9.56. The summed E-state index contributed by atoms with van der Waals surface area (Å²) in [6, 6.07) is 1.26. The molecule has 3 N–H and O–H groups in total. The van der Waals surface area contributed by atoms with Crippen LogP contribution in [0.25, 0.3) is 21.9 Å². The molecule has 0 radical (unpaired) electrons. The van der Waals surface area contributed by atoms with Gasteiger partial charge in [0.15, 0.2) is 5.82 Å². The van der Waals surface area contributed by atoms with Crippen molar-refractivity contribution < 1.29 is 22.8 Å². The molecule has 1 saturated heterocycles. The molecule has 0 unspecified atom stereocenters. The van der Waals surface area contributed by atoms with E-state index in [-0.39, 0.29) is 58.4 Å². The average molecular weight is 589 g/mol. The van der Waals surface area contributed by atoms with Crippen LogP contribution in [0.15, 0.2) is 35.5 Å². The number of rotatable bonds is 4. The minimum atomic E-state index is -4.57. The maximum atomic E-state index is 13.7. The lowest BCUT2D eigenvalue weighted by Gasteiger charge is -2.27. The van der Waals surface area contributed by atoms with E-state index in [1.807, 2.05) is 0 Å². The van der Waals surface area contributed by atoms with Crippen molar-refractivity contribution in [2.45, 2.75) is 44.6 Å². The number of piperidine rings is 1. The van der Waals surface area contributed by atoms with Crippen LogP contribution in [0.4, 0.5) is 24.8 Å². The predicted octanol–water partition coefficient (Wildman–Crippen LogP) is 3.67. The molecule has 0 spiro atoms. The maximum Gasteiger partial charge on any atom is 0.416 e. The van der Waals surface area contributed by atoms with Gasteiger partial charge in [0.05, 0.1) is 28.9 Å². The molecule has 1 aliphatic heterocycles. The highest BCUT2D eigenvalue weighted by Crippen LogP contribution is 2.48. The Kier molecular flexibility index (Phi) is 5.56. The average Bonchev–Trinajstić information content (AvgIpc) is 3.38. The summed E-state index contributed by atoms with van der Waals surface area (Å²) in [7, 11) is 0. The number of aryl methyl sites for hydroxylation is 1. The first-order valence-electron chi connectivity index (χ1n) is 11.7. The number of amides is 2. The summed E-state index contributed by atoms with van der Waals surface area (Å²) in [5, 5.41) is 3.18. The summed E-state index contributed by atoms with van der Waals surface area (Å²) >= 11 is 3.21. The minimum absolute atomic E-state index is 0.0146. The van der Waals surface area contributed by atoms with Crippen LogP contribution in [-0.4, -0.2) is 53.3 Å². The Morgan fingerprint density at radius 2 is 2.00 bits per heavy atom. The lowest BCUT2D eigenvalue weighted by molar-refractivity contribution is -0.138. The fraction of sp³-hybridized carbons (Fsp3) is 0.333. The van der Waals surface area contributed by atoms with Crippen molar-refractivity contribution in [2.75, 3.05) is 11.1 Å². The molecule has 4 heterocycles. The number of aromatic nitrogens is 5. The molecule has 2 amide bonds. The zero-order valence-corrected chi connectivity index (χ0v) is 21.4. The number of fused-ring (bicyclic) bond motifs is 4. The van der Waals surface area contributed by atoms with Gasteiger partial charge in [-0.05, 0) is 59.3 Å². The van der Waals surface area contributed by atoms with Gasteiger partial charge in [-0.15, -0.1) is 0 Å². The number of hydrogen-bond donors (Lipinski definition) is 2. The van der Waals surface area contributed by atoms with Crippen molar-refractivity contribution in [3.05, 3.63) is 46.6 Å². The van der Waals surface area contributed by atoms with Crippen molar-refractivity contribution in [3.8, 4) is 0 Å². The monoisotopic (exact) mass is 588 g/mol. The van der Waals surface area contributed by atoms with Gasteiger partial charge in [0.1, 0.15) is 35.0 Å². The molecule has 6 rings (SSSR count). The van der Waals surface area contributed by atoms with Crippen LogP contribution < -0.4 is 11.1 Å². The smallest absolute Gasteiger partial charge is 0.383 e. The molecule has 14 heteroatoms. The molecule has 2 aliphatic rings. The van der Waals surface area contributed by atoms with Crippen molar-refractivity contribution in [1.29, 1.82) is 0 Å². The molecule has 10 nitrogen and oxygen atoms in total. The maximum absolute atomic E-state index is 13.7. The summed E-state index contributed by atoms with van der Waals surface area (Å²) in [4.78, 5) is 44.8. The van der Waals surface area contributed by atoms with Gasteiger partial charge in [-0.3, -0.25) is 14.6 Å². The van der Waals surface area contributed by atoms with Gasteiger partial charge in [-0.2, -0.15) is 13.2 Å². The topological polar surface area (TPSA) is 132 Å². The summed E-state index contributed by atoms with van der Waals surface area (Å²) in [6.07, 6.45) is 0.841. The number of likely N-dealkylation sites (tertiary alicyclic amines) is 1. The molecule has 3 atom stereocenters. The van der Waals surface area contributed by atoms with Crippen molar-refractivity contribution in [1.82, 2.24) is 29.4 Å². The number of benzene rings is 1. The fourth-order valence-corrected chi connectivity index (χ4v) is 5.79.